The van der Waals surface area contributed by atoms with Gasteiger partial charge in [-0.1, -0.05) is 5.16 Å². The van der Waals surface area contributed by atoms with Crippen LogP contribution < -0.4 is 5.32 Å². The summed E-state index contributed by atoms with van der Waals surface area (Å²) in [6, 6.07) is 0. The first-order valence-corrected chi connectivity index (χ1v) is 5.91. The van der Waals surface area contributed by atoms with E-state index in [1.165, 1.54) is 12.5 Å². The topological polar surface area (TPSA) is 72.2 Å². The lowest BCUT2D eigenvalue weighted by molar-refractivity contribution is 0.418. The monoisotopic (exact) mass is 204 g/mol. The zero-order valence-electron chi connectivity index (χ0n) is 7.36. The van der Waals surface area contributed by atoms with Crippen molar-refractivity contribution in [1.29, 1.82) is 0 Å². The smallest absolute Gasteiger partial charge is 0.148 e. The van der Waals surface area contributed by atoms with Crippen LogP contribution in [0.25, 0.3) is 0 Å². The average molecular weight is 204 g/mol. The Morgan fingerprint density at radius 2 is 2.38 bits per heavy atom. The molecule has 1 N–H and O–H groups in total. The Hall–Kier alpha value is -0.880. The Morgan fingerprint density at radius 3 is 2.92 bits per heavy atom. The van der Waals surface area contributed by atoms with Gasteiger partial charge < -0.3 is 9.84 Å². The van der Waals surface area contributed by atoms with Gasteiger partial charge in [-0.25, -0.2) is 8.42 Å². The van der Waals surface area contributed by atoms with Crippen molar-refractivity contribution in [3.05, 3.63) is 18.0 Å². The van der Waals surface area contributed by atoms with Gasteiger partial charge in [-0.3, -0.25) is 0 Å². The molecule has 1 heterocycles. The third-order valence-electron chi connectivity index (χ3n) is 1.46. The van der Waals surface area contributed by atoms with Gasteiger partial charge in [0.25, 0.3) is 0 Å². The highest BCUT2D eigenvalue weighted by molar-refractivity contribution is 7.90. The van der Waals surface area contributed by atoms with Crippen molar-refractivity contribution >= 4 is 9.84 Å². The van der Waals surface area contributed by atoms with E-state index in [0.717, 1.165) is 5.56 Å². The number of rotatable bonds is 5. The summed E-state index contributed by atoms with van der Waals surface area (Å²) in [5.41, 5.74) is 0.911. The van der Waals surface area contributed by atoms with Gasteiger partial charge in [-0.2, -0.15) is 0 Å². The van der Waals surface area contributed by atoms with Crippen LogP contribution in [0.15, 0.2) is 17.0 Å². The Labute approximate surface area is 77.0 Å². The number of sulfone groups is 1. The number of hydrogen-bond donors (Lipinski definition) is 1. The van der Waals surface area contributed by atoms with Crippen LogP contribution in [0.5, 0.6) is 0 Å². The second-order valence-corrected chi connectivity index (χ2v) is 5.10. The largest absolute Gasteiger partial charge is 0.364 e. The number of aromatic nitrogens is 1. The highest BCUT2D eigenvalue weighted by Crippen LogP contribution is 1.94. The van der Waals surface area contributed by atoms with Gasteiger partial charge in [0.1, 0.15) is 16.1 Å². The minimum Gasteiger partial charge on any atom is -0.364 e. The molecule has 74 valence electrons. The molecule has 0 aromatic carbocycles. The van der Waals surface area contributed by atoms with Crippen molar-refractivity contribution in [2.24, 2.45) is 0 Å². The van der Waals surface area contributed by atoms with Crippen molar-refractivity contribution in [1.82, 2.24) is 10.5 Å². The van der Waals surface area contributed by atoms with Gasteiger partial charge in [-0.05, 0) is 0 Å². The zero-order valence-corrected chi connectivity index (χ0v) is 8.17. The highest BCUT2D eigenvalue weighted by atomic mass is 32.2. The van der Waals surface area contributed by atoms with Crippen LogP contribution in [-0.2, 0) is 16.4 Å². The Morgan fingerprint density at radius 1 is 1.62 bits per heavy atom. The quantitative estimate of drug-likeness (QED) is 0.673. The molecule has 1 rings (SSSR count). The van der Waals surface area contributed by atoms with E-state index in [2.05, 4.69) is 15.0 Å². The first kappa shape index (κ1) is 10.2. The van der Waals surface area contributed by atoms with E-state index < -0.39 is 9.84 Å². The van der Waals surface area contributed by atoms with E-state index in [9.17, 15) is 8.42 Å². The predicted molar refractivity (Wildman–Crippen MR) is 47.9 cm³/mol. The Kier molecular flexibility index (Phi) is 3.44. The molecule has 0 radical (unpaired) electrons. The van der Waals surface area contributed by atoms with Crippen LogP contribution in [0, 0.1) is 0 Å². The van der Waals surface area contributed by atoms with E-state index in [4.69, 9.17) is 0 Å². The lowest BCUT2D eigenvalue weighted by Crippen LogP contribution is -2.21. The lowest BCUT2D eigenvalue weighted by atomic mass is 10.4. The molecule has 1 aromatic rings. The van der Waals surface area contributed by atoms with Gasteiger partial charge in [-0.15, -0.1) is 0 Å². The molecular formula is C7H12N2O3S. The fraction of sp³-hybridized carbons (Fsp3) is 0.571. The minimum atomic E-state index is -2.87. The van der Waals surface area contributed by atoms with E-state index in [1.54, 1.807) is 6.20 Å². The van der Waals surface area contributed by atoms with Crippen LogP contribution in [0.4, 0.5) is 0 Å². The maximum absolute atomic E-state index is 10.7. The summed E-state index contributed by atoms with van der Waals surface area (Å²) in [4.78, 5) is 0. The summed E-state index contributed by atoms with van der Waals surface area (Å²) < 4.78 is 26.0. The molecule has 0 fully saturated rings. The molecule has 1 aromatic heterocycles. The molecule has 0 amide bonds. The summed E-state index contributed by atoms with van der Waals surface area (Å²) in [5, 5.41) is 6.48. The van der Waals surface area contributed by atoms with E-state index in [-0.39, 0.29) is 5.75 Å². The summed E-state index contributed by atoms with van der Waals surface area (Å²) >= 11 is 0. The van der Waals surface area contributed by atoms with Crippen LogP contribution >= 0.6 is 0 Å². The van der Waals surface area contributed by atoms with Gasteiger partial charge in [0.2, 0.25) is 0 Å². The zero-order chi connectivity index (χ0) is 9.73. The molecule has 0 aliphatic carbocycles. The third kappa shape index (κ3) is 4.64. The van der Waals surface area contributed by atoms with Gasteiger partial charge in [0, 0.05) is 24.9 Å². The molecule has 0 unspecified atom stereocenters. The average Bonchev–Trinajstić information content (AvgIpc) is 2.48. The van der Waals surface area contributed by atoms with Crippen LogP contribution in [0.1, 0.15) is 5.56 Å². The van der Waals surface area contributed by atoms with Crippen LogP contribution in [0.2, 0.25) is 0 Å². The number of nitrogens with zero attached hydrogens (tertiary/aromatic N) is 1. The first-order chi connectivity index (χ1) is 6.08. The normalized spacial score (nSPS) is 11.8. The molecule has 13 heavy (non-hydrogen) atoms. The molecule has 0 bridgehead atoms. The highest BCUT2D eigenvalue weighted by Gasteiger charge is 2.01. The molecule has 0 aliphatic rings. The van der Waals surface area contributed by atoms with Crippen LogP contribution in [0.3, 0.4) is 0 Å². The fourth-order valence-electron chi connectivity index (χ4n) is 0.804. The minimum absolute atomic E-state index is 0.151. The van der Waals surface area contributed by atoms with Crippen molar-refractivity contribution < 1.29 is 12.9 Å². The van der Waals surface area contributed by atoms with E-state index in [0.29, 0.717) is 13.1 Å². The third-order valence-corrected chi connectivity index (χ3v) is 2.41. The van der Waals surface area contributed by atoms with Gasteiger partial charge in [0.05, 0.1) is 11.9 Å². The second-order valence-electron chi connectivity index (χ2n) is 2.84. The first-order valence-electron chi connectivity index (χ1n) is 3.84. The summed E-state index contributed by atoms with van der Waals surface area (Å²) in [6.07, 6.45) is 4.33. The number of hydrogen-bond acceptors (Lipinski definition) is 5. The van der Waals surface area contributed by atoms with Crippen LogP contribution in [-0.4, -0.2) is 32.1 Å². The van der Waals surface area contributed by atoms with Gasteiger partial charge in [0.15, 0.2) is 0 Å². The molecule has 0 saturated heterocycles. The maximum Gasteiger partial charge on any atom is 0.148 e. The predicted octanol–water partition coefficient (Wildman–Crippen LogP) is -0.191. The molecule has 0 aliphatic heterocycles. The fourth-order valence-corrected chi connectivity index (χ4v) is 1.32. The molecule has 5 nitrogen and oxygen atoms in total. The molecule has 6 heteroatoms. The standard InChI is InChI=1S/C7H12N2O3S/c1-13(10,11)3-2-8-4-7-5-9-12-6-7/h5-6,8H,2-4H2,1H3. The molecular weight excluding hydrogens is 192 g/mol. The van der Waals surface area contributed by atoms with Crippen molar-refractivity contribution in [3.63, 3.8) is 0 Å². The SMILES string of the molecule is CS(=O)(=O)CCNCc1cnoc1. The van der Waals surface area contributed by atoms with Crippen molar-refractivity contribution in [2.45, 2.75) is 6.54 Å². The summed E-state index contributed by atoms with van der Waals surface area (Å²) in [6.45, 7) is 1.03. The maximum atomic E-state index is 10.7. The Balaban J connectivity index is 2.16. The molecule has 0 atom stereocenters. The lowest BCUT2D eigenvalue weighted by Gasteiger charge is -2.00. The summed E-state index contributed by atoms with van der Waals surface area (Å²) in [7, 11) is -2.87. The Bertz CT molecular complexity index is 331. The number of nitrogens with one attached hydrogen (secondary N) is 1. The van der Waals surface area contributed by atoms with Crippen molar-refractivity contribution in [2.75, 3.05) is 18.6 Å². The second kappa shape index (κ2) is 4.38. The van der Waals surface area contributed by atoms with Gasteiger partial charge >= 0.3 is 0 Å². The summed E-state index contributed by atoms with van der Waals surface area (Å²) in [5.74, 6) is 0.151. The van der Waals surface area contributed by atoms with Crippen molar-refractivity contribution in [3.8, 4) is 0 Å². The van der Waals surface area contributed by atoms with E-state index in [1.807, 2.05) is 0 Å². The molecule has 0 spiro atoms. The molecule has 0 saturated carbocycles. The van der Waals surface area contributed by atoms with E-state index >= 15 is 0 Å².